The Morgan fingerprint density at radius 1 is 0.388 bits per heavy atom. The van der Waals surface area contributed by atoms with Gasteiger partial charge in [-0.1, -0.05) is 271 Å². The normalized spacial score (nSPS) is 12.7. The molecule has 0 spiro atoms. The summed E-state index contributed by atoms with van der Waals surface area (Å²) in [6.45, 7) is 4.90. The second-order valence-electron chi connectivity index (χ2n) is 21.3. The number of hydrogen-bond acceptors (Lipinski definition) is 7. The van der Waals surface area contributed by atoms with Crippen LogP contribution in [0.25, 0.3) is 0 Å². The Hall–Kier alpha value is -1.71. The molecular formula is C58H114NO8+. The van der Waals surface area contributed by atoms with Crippen LogP contribution in [0.15, 0.2) is 0 Å². The van der Waals surface area contributed by atoms with Crippen molar-refractivity contribution in [1.82, 2.24) is 0 Å². The second-order valence-corrected chi connectivity index (χ2v) is 21.3. The maximum Gasteiger partial charge on any atom is 0.361 e. The highest BCUT2D eigenvalue weighted by Gasteiger charge is 2.25. The van der Waals surface area contributed by atoms with E-state index in [1.165, 1.54) is 231 Å². The topological polar surface area (TPSA) is 108 Å². The number of esters is 2. The summed E-state index contributed by atoms with van der Waals surface area (Å²) >= 11 is 0. The number of rotatable bonds is 55. The Bertz CT molecular complexity index is 1060. The maximum atomic E-state index is 12.8. The van der Waals surface area contributed by atoms with Crippen LogP contribution < -0.4 is 0 Å². The lowest BCUT2D eigenvalue weighted by atomic mass is 10.0. The van der Waals surface area contributed by atoms with Gasteiger partial charge in [0.15, 0.2) is 6.10 Å². The number of carbonyl (C=O) groups excluding carboxylic acids is 2. The molecule has 0 aromatic heterocycles. The van der Waals surface area contributed by atoms with Gasteiger partial charge in [-0.2, -0.15) is 0 Å². The quantitative estimate of drug-likeness (QED) is 0.0278. The Kier molecular flexibility index (Phi) is 49.4. The van der Waals surface area contributed by atoms with Gasteiger partial charge in [0.2, 0.25) is 0 Å². The molecule has 0 fully saturated rings. The van der Waals surface area contributed by atoms with Crippen molar-refractivity contribution in [1.29, 1.82) is 0 Å². The molecule has 0 aromatic rings. The minimum absolute atomic E-state index is 0.174. The molecule has 9 heteroatoms. The number of aliphatic carboxylic acids is 1. The average molecular weight is 954 g/mol. The third kappa shape index (κ3) is 52.0. The van der Waals surface area contributed by atoms with E-state index in [0.717, 1.165) is 38.5 Å². The maximum absolute atomic E-state index is 12.8. The summed E-state index contributed by atoms with van der Waals surface area (Å²) < 4.78 is 22.8. The van der Waals surface area contributed by atoms with E-state index < -0.39 is 18.4 Å². The molecule has 0 aliphatic heterocycles. The molecule has 0 saturated carbocycles. The summed E-state index contributed by atoms with van der Waals surface area (Å²) in [5.41, 5.74) is 0. The molecule has 0 rings (SSSR count). The van der Waals surface area contributed by atoms with Crippen LogP contribution in [0.1, 0.15) is 296 Å². The van der Waals surface area contributed by atoms with Gasteiger partial charge < -0.3 is 28.5 Å². The molecule has 0 aliphatic carbocycles. The minimum Gasteiger partial charge on any atom is -0.477 e. The van der Waals surface area contributed by atoms with Gasteiger partial charge in [-0.05, 0) is 12.8 Å². The van der Waals surface area contributed by atoms with Gasteiger partial charge in [0.05, 0.1) is 34.4 Å². The summed E-state index contributed by atoms with van der Waals surface area (Å²) in [7, 11) is 5.97. The third-order valence-corrected chi connectivity index (χ3v) is 13.4. The highest BCUT2D eigenvalue weighted by atomic mass is 16.7. The minimum atomic E-state index is -1.50. The van der Waals surface area contributed by atoms with Gasteiger partial charge in [-0.25, -0.2) is 4.79 Å². The Labute approximate surface area is 415 Å². The number of unbranched alkanes of at least 4 members (excludes halogenated alkanes) is 40. The lowest BCUT2D eigenvalue weighted by Crippen LogP contribution is -2.40. The summed E-state index contributed by atoms with van der Waals surface area (Å²) in [6.07, 6.45) is 53.7. The number of hydrogen-bond donors (Lipinski definition) is 1. The van der Waals surface area contributed by atoms with Crippen molar-refractivity contribution in [3.63, 3.8) is 0 Å². The van der Waals surface area contributed by atoms with Gasteiger partial charge in [0.25, 0.3) is 6.29 Å². The number of carboxylic acid groups (broad SMARTS) is 1. The highest BCUT2D eigenvalue weighted by molar-refractivity contribution is 5.71. The van der Waals surface area contributed by atoms with Crippen molar-refractivity contribution in [3.8, 4) is 0 Å². The van der Waals surface area contributed by atoms with Crippen LogP contribution in [0, 0.1) is 0 Å². The van der Waals surface area contributed by atoms with E-state index in [9.17, 15) is 19.5 Å². The highest BCUT2D eigenvalue weighted by Crippen LogP contribution is 2.18. The van der Waals surface area contributed by atoms with Crippen molar-refractivity contribution in [2.24, 2.45) is 0 Å². The van der Waals surface area contributed by atoms with E-state index in [4.69, 9.17) is 18.9 Å². The Morgan fingerprint density at radius 2 is 0.672 bits per heavy atom. The summed E-state index contributed by atoms with van der Waals surface area (Å²) in [5, 5.41) is 9.66. The second kappa shape index (κ2) is 50.7. The van der Waals surface area contributed by atoms with E-state index in [1.54, 1.807) is 0 Å². The van der Waals surface area contributed by atoms with Gasteiger partial charge in [-0.3, -0.25) is 9.59 Å². The van der Waals surface area contributed by atoms with Crippen molar-refractivity contribution >= 4 is 17.9 Å². The fourth-order valence-electron chi connectivity index (χ4n) is 8.84. The average Bonchev–Trinajstić information content (AvgIpc) is 3.29. The zero-order chi connectivity index (χ0) is 49.2. The third-order valence-electron chi connectivity index (χ3n) is 13.4. The van der Waals surface area contributed by atoms with Crippen LogP contribution in [0.5, 0.6) is 0 Å². The van der Waals surface area contributed by atoms with Gasteiger partial charge in [-0.15, -0.1) is 0 Å². The molecule has 2 atom stereocenters. The molecule has 0 heterocycles. The van der Waals surface area contributed by atoms with Crippen LogP contribution in [0.4, 0.5) is 0 Å². The SMILES string of the molecule is CCCCCCCCCCCCCCCCCCCCCCCCCCCCCCCCCCCC(=O)OC(COC(=O)CCCCCCCCCCC)COC(OCC[N+](C)(C)C)C(=O)O. The largest absolute Gasteiger partial charge is 0.477 e. The molecule has 0 bridgehead atoms. The number of quaternary nitrogens is 1. The Morgan fingerprint density at radius 3 is 0.955 bits per heavy atom. The zero-order valence-corrected chi connectivity index (χ0v) is 45.3. The van der Waals surface area contributed by atoms with Crippen LogP contribution in [-0.2, 0) is 33.3 Å². The number of likely N-dealkylation sites (N-methyl/N-ethyl adjacent to an activating group) is 1. The number of carboxylic acids is 1. The number of ether oxygens (including phenoxy) is 4. The Balaban J connectivity index is 3.92. The summed E-state index contributed by atoms with van der Waals surface area (Å²) in [4.78, 5) is 37.2. The van der Waals surface area contributed by atoms with Crippen LogP contribution in [-0.4, -0.2) is 87.4 Å². The molecule has 0 aliphatic rings. The van der Waals surface area contributed by atoms with Crippen molar-refractivity contribution < 1.29 is 42.9 Å². The van der Waals surface area contributed by atoms with Crippen LogP contribution >= 0.6 is 0 Å². The molecule has 398 valence electrons. The lowest BCUT2D eigenvalue weighted by Gasteiger charge is -2.25. The fourth-order valence-corrected chi connectivity index (χ4v) is 8.84. The molecule has 2 unspecified atom stereocenters. The van der Waals surface area contributed by atoms with E-state index in [1.807, 2.05) is 21.1 Å². The summed E-state index contributed by atoms with van der Waals surface area (Å²) in [6, 6.07) is 0. The van der Waals surface area contributed by atoms with Crippen LogP contribution in [0.2, 0.25) is 0 Å². The first-order valence-electron chi connectivity index (χ1n) is 29.2. The molecule has 67 heavy (non-hydrogen) atoms. The summed E-state index contributed by atoms with van der Waals surface area (Å²) in [5.74, 6) is -1.98. The molecule has 9 nitrogen and oxygen atoms in total. The van der Waals surface area contributed by atoms with Crippen molar-refractivity contribution in [2.75, 3.05) is 47.5 Å². The first kappa shape index (κ1) is 65.3. The van der Waals surface area contributed by atoms with E-state index in [-0.39, 0.29) is 38.2 Å². The van der Waals surface area contributed by atoms with E-state index in [0.29, 0.717) is 17.4 Å². The monoisotopic (exact) mass is 953 g/mol. The predicted octanol–water partition coefficient (Wildman–Crippen LogP) is 16.8. The zero-order valence-electron chi connectivity index (χ0n) is 45.3. The van der Waals surface area contributed by atoms with Gasteiger partial charge >= 0.3 is 17.9 Å². The van der Waals surface area contributed by atoms with E-state index >= 15 is 0 Å². The molecule has 0 aromatic carbocycles. The molecule has 0 amide bonds. The van der Waals surface area contributed by atoms with E-state index in [2.05, 4.69) is 13.8 Å². The standard InChI is InChI=1S/C58H113NO8/c1-6-8-10-12-14-16-17-18-19-20-21-22-23-24-25-26-27-28-29-30-31-32-33-34-35-36-37-38-39-41-43-45-47-49-56(61)67-54(53-66-58(57(62)63)64-51-50-59(3,4)5)52-65-55(60)48-46-44-42-40-15-13-11-9-7-2/h54,58H,6-53H2,1-5H3/p+1. The first-order chi connectivity index (χ1) is 32.6. The van der Waals surface area contributed by atoms with Crippen molar-refractivity contribution in [2.45, 2.75) is 309 Å². The van der Waals surface area contributed by atoms with Gasteiger partial charge in [0.1, 0.15) is 13.2 Å². The molecule has 1 N–H and O–H groups in total. The smallest absolute Gasteiger partial charge is 0.361 e. The predicted molar refractivity (Wildman–Crippen MR) is 282 cm³/mol. The molecular weight excluding hydrogens is 839 g/mol. The van der Waals surface area contributed by atoms with Crippen molar-refractivity contribution in [3.05, 3.63) is 0 Å². The van der Waals surface area contributed by atoms with Crippen LogP contribution in [0.3, 0.4) is 0 Å². The molecule has 0 radical (unpaired) electrons. The first-order valence-corrected chi connectivity index (χ1v) is 29.2. The van der Waals surface area contributed by atoms with Gasteiger partial charge in [0, 0.05) is 12.8 Å². The number of carbonyl (C=O) groups is 3. The molecule has 0 saturated heterocycles. The lowest BCUT2D eigenvalue weighted by molar-refractivity contribution is -0.870. The number of nitrogens with zero attached hydrogens (tertiary/aromatic N) is 1. The fraction of sp³-hybridized carbons (Fsp3) is 0.948.